The Kier molecular flexibility index (Phi) is 4.66. The first-order valence-electron chi connectivity index (χ1n) is 7.09. The number of aromatic amines is 1. The summed E-state index contributed by atoms with van der Waals surface area (Å²) in [5.41, 5.74) is 0.394. The van der Waals surface area contributed by atoms with Gasteiger partial charge in [0.05, 0.1) is 22.2 Å². The molecule has 116 valence electrons. The van der Waals surface area contributed by atoms with Crippen molar-refractivity contribution in [1.82, 2.24) is 19.8 Å². The summed E-state index contributed by atoms with van der Waals surface area (Å²) in [6.07, 6.45) is 3.56. The Balaban J connectivity index is 1.62. The monoisotopic (exact) mass is 338 g/mol. The predicted molar refractivity (Wildman–Crippen MR) is 86.2 cm³/mol. The zero-order chi connectivity index (χ0) is 15.5. The number of amides is 1. The van der Waals surface area contributed by atoms with E-state index in [9.17, 15) is 4.79 Å². The third-order valence-corrected chi connectivity index (χ3v) is 4.39. The number of rotatable bonds is 3. The van der Waals surface area contributed by atoms with Gasteiger partial charge in [-0.15, -0.1) is 0 Å². The highest BCUT2D eigenvalue weighted by Gasteiger charge is 2.25. The Labute approximate surface area is 138 Å². The first-order chi connectivity index (χ1) is 10.6. The number of aromatic nitrogens is 2. The van der Waals surface area contributed by atoms with Crippen LogP contribution in [0.5, 0.6) is 0 Å². The average molecular weight is 339 g/mol. The lowest BCUT2D eigenvalue weighted by atomic mass is 10.1. The number of hydrogen-bond donors (Lipinski definition) is 1. The number of nitrogens with one attached hydrogen (secondary N) is 1. The molecule has 5 nitrogen and oxygen atoms in total. The molecule has 2 aromatic rings. The molecular formula is C15H16Cl2N4O. The highest BCUT2D eigenvalue weighted by atomic mass is 35.5. The van der Waals surface area contributed by atoms with Crippen LogP contribution in [0.3, 0.4) is 0 Å². The van der Waals surface area contributed by atoms with Gasteiger partial charge >= 0.3 is 0 Å². The normalized spacial score (nSPS) is 16.0. The largest absolute Gasteiger partial charge is 0.348 e. The van der Waals surface area contributed by atoms with Crippen molar-refractivity contribution in [3.05, 3.63) is 52.0 Å². The number of carbonyl (C=O) groups is 1. The molecule has 1 fully saturated rings. The summed E-state index contributed by atoms with van der Waals surface area (Å²) >= 11 is 12.2. The van der Waals surface area contributed by atoms with Gasteiger partial charge in [-0.2, -0.15) is 0 Å². The molecule has 0 atom stereocenters. The number of H-pyrrole nitrogens is 1. The molecule has 7 heteroatoms. The van der Waals surface area contributed by atoms with Crippen LogP contribution in [0.1, 0.15) is 16.2 Å². The van der Waals surface area contributed by atoms with E-state index in [1.165, 1.54) is 0 Å². The van der Waals surface area contributed by atoms with Gasteiger partial charge in [0.1, 0.15) is 5.82 Å². The van der Waals surface area contributed by atoms with Crippen LogP contribution in [0, 0.1) is 0 Å². The van der Waals surface area contributed by atoms with Crippen LogP contribution in [0.25, 0.3) is 0 Å². The van der Waals surface area contributed by atoms with Gasteiger partial charge in [-0.05, 0) is 12.1 Å². The predicted octanol–water partition coefficient (Wildman–Crippen LogP) is 2.67. The lowest BCUT2D eigenvalue weighted by molar-refractivity contribution is 0.0626. The summed E-state index contributed by atoms with van der Waals surface area (Å²) in [5, 5.41) is 0.797. The van der Waals surface area contributed by atoms with E-state index in [0.717, 1.165) is 25.5 Å². The first kappa shape index (κ1) is 15.3. The molecule has 22 heavy (non-hydrogen) atoms. The fourth-order valence-corrected chi connectivity index (χ4v) is 3.12. The Hall–Kier alpha value is -1.56. The van der Waals surface area contributed by atoms with Crippen LogP contribution in [0.2, 0.25) is 10.0 Å². The third-order valence-electron chi connectivity index (χ3n) is 3.76. The molecular weight excluding hydrogens is 323 g/mol. The minimum atomic E-state index is -0.103. The third kappa shape index (κ3) is 3.27. The molecule has 0 spiro atoms. The lowest BCUT2D eigenvalue weighted by Crippen LogP contribution is -2.48. The Morgan fingerprint density at radius 1 is 1.18 bits per heavy atom. The Morgan fingerprint density at radius 3 is 2.45 bits per heavy atom. The van der Waals surface area contributed by atoms with Gasteiger partial charge in [-0.25, -0.2) is 4.98 Å². The van der Waals surface area contributed by atoms with Gasteiger partial charge in [-0.1, -0.05) is 29.3 Å². The van der Waals surface area contributed by atoms with Crippen molar-refractivity contribution < 1.29 is 4.79 Å². The minimum Gasteiger partial charge on any atom is -0.348 e. The molecule has 0 unspecified atom stereocenters. The van der Waals surface area contributed by atoms with Crippen molar-refractivity contribution in [2.75, 3.05) is 26.2 Å². The molecule has 1 aromatic carbocycles. The van der Waals surface area contributed by atoms with Crippen LogP contribution in [0.4, 0.5) is 0 Å². The van der Waals surface area contributed by atoms with Crippen LogP contribution in [-0.2, 0) is 6.54 Å². The summed E-state index contributed by atoms with van der Waals surface area (Å²) in [7, 11) is 0. The van der Waals surface area contributed by atoms with Crippen LogP contribution in [-0.4, -0.2) is 51.9 Å². The second kappa shape index (κ2) is 6.69. The van der Waals surface area contributed by atoms with Gasteiger partial charge in [-0.3, -0.25) is 9.69 Å². The van der Waals surface area contributed by atoms with Gasteiger partial charge < -0.3 is 9.88 Å². The molecule has 0 aliphatic carbocycles. The zero-order valence-electron chi connectivity index (χ0n) is 11.9. The molecule has 1 aromatic heterocycles. The molecule has 0 bridgehead atoms. The maximum absolute atomic E-state index is 12.6. The molecule has 0 radical (unpaired) electrons. The molecule has 2 heterocycles. The summed E-state index contributed by atoms with van der Waals surface area (Å²) in [6, 6.07) is 5.12. The van der Waals surface area contributed by atoms with Gasteiger partial charge in [0.2, 0.25) is 0 Å². The van der Waals surface area contributed by atoms with E-state index in [0.29, 0.717) is 28.7 Å². The summed E-state index contributed by atoms with van der Waals surface area (Å²) < 4.78 is 0. The highest BCUT2D eigenvalue weighted by Crippen LogP contribution is 2.26. The molecule has 1 aliphatic heterocycles. The summed E-state index contributed by atoms with van der Waals surface area (Å²) in [4.78, 5) is 24.0. The van der Waals surface area contributed by atoms with E-state index in [-0.39, 0.29) is 5.91 Å². The van der Waals surface area contributed by atoms with E-state index in [2.05, 4.69) is 14.9 Å². The van der Waals surface area contributed by atoms with Gasteiger partial charge in [0, 0.05) is 38.6 Å². The number of halogens is 2. The quantitative estimate of drug-likeness (QED) is 0.935. The molecule has 3 rings (SSSR count). The van der Waals surface area contributed by atoms with E-state index in [4.69, 9.17) is 23.2 Å². The fraction of sp³-hybridized carbons (Fsp3) is 0.333. The van der Waals surface area contributed by atoms with Crippen LogP contribution in [0.15, 0.2) is 30.6 Å². The minimum absolute atomic E-state index is 0.103. The Bertz CT molecular complexity index is 631. The number of piperazine rings is 1. The fourth-order valence-electron chi connectivity index (χ4n) is 2.57. The number of nitrogens with zero attached hydrogens (tertiary/aromatic N) is 3. The topological polar surface area (TPSA) is 52.2 Å². The average Bonchev–Trinajstić information content (AvgIpc) is 3.00. The Morgan fingerprint density at radius 2 is 1.86 bits per heavy atom. The van der Waals surface area contributed by atoms with Crippen molar-refractivity contribution >= 4 is 29.1 Å². The molecule has 1 N–H and O–H groups in total. The second-order valence-corrected chi connectivity index (χ2v) is 6.02. The molecule has 1 aliphatic rings. The number of carbonyl (C=O) groups excluding carboxylic acids is 1. The number of imidazole rings is 1. The lowest BCUT2D eigenvalue weighted by Gasteiger charge is -2.34. The van der Waals surface area contributed by atoms with E-state index < -0.39 is 0 Å². The van der Waals surface area contributed by atoms with Crippen molar-refractivity contribution in [2.24, 2.45) is 0 Å². The molecule has 0 saturated carbocycles. The molecule has 1 saturated heterocycles. The standard InChI is InChI=1S/C15H16Cl2N4O/c16-11-2-1-3-12(17)14(11)15(22)21-8-6-20(7-9-21)10-13-18-4-5-19-13/h1-5H,6-10H2,(H,18,19). The number of benzene rings is 1. The second-order valence-electron chi connectivity index (χ2n) is 5.20. The maximum Gasteiger partial charge on any atom is 0.256 e. The summed E-state index contributed by atoms with van der Waals surface area (Å²) in [5.74, 6) is 0.835. The zero-order valence-corrected chi connectivity index (χ0v) is 13.4. The van der Waals surface area contributed by atoms with E-state index in [1.54, 1.807) is 29.3 Å². The first-order valence-corrected chi connectivity index (χ1v) is 7.84. The van der Waals surface area contributed by atoms with Crippen LogP contribution < -0.4 is 0 Å². The summed E-state index contributed by atoms with van der Waals surface area (Å²) in [6.45, 7) is 3.67. The van der Waals surface area contributed by atoms with E-state index >= 15 is 0 Å². The van der Waals surface area contributed by atoms with Crippen LogP contribution >= 0.6 is 23.2 Å². The maximum atomic E-state index is 12.6. The molecule has 1 amide bonds. The van der Waals surface area contributed by atoms with Gasteiger partial charge in [0.25, 0.3) is 5.91 Å². The van der Waals surface area contributed by atoms with Crippen molar-refractivity contribution in [1.29, 1.82) is 0 Å². The van der Waals surface area contributed by atoms with Crippen molar-refractivity contribution in [3.63, 3.8) is 0 Å². The number of hydrogen-bond acceptors (Lipinski definition) is 3. The van der Waals surface area contributed by atoms with Gasteiger partial charge in [0.15, 0.2) is 0 Å². The SMILES string of the molecule is O=C(c1c(Cl)cccc1Cl)N1CCN(Cc2ncc[nH]2)CC1. The highest BCUT2D eigenvalue weighted by molar-refractivity contribution is 6.39. The van der Waals surface area contributed by atoms with Crippen molar-refractivity contribution in [2.45, 2.75) is 6.54 Å². The van der Waals surface area contributed by atoms with Crippen molar-refractivity contribution in [3.8, 4) is 0 Å². The smallest absolute Gasteiger partial charge is 0.256 e. The van der Waals surface area contributed by atoms with E-state index in [1.807, 2.05) is 6.20 Å².